The Hall–Kier alpha value is -3.48. The van der Waals surface area contributed by atoms with Crippen molar-refractivity contribution in [2.24, 2.45) is 0 Å². The van der Waals surface area contributed by atoms with E-state index in [1.807, 2.05) is 18.2 Å². The number of hydrogen-bond acceptors (Lipinski definition) is 6. The molecule has 2 aromatic heterocycles. The van der Waals surface area contributed by atoms with Crippen LogP contribution in [-0.4, -0.2) is 17.9 Å². The average Bonchev–Trinajstić information content (AvgIpc) is 3.38. The molecule has 7 nitrogen and oxygen atoms in total. The molecule has 1 amide bonds. The molecular formula is C18H14N2O5. The van der Waals surface area contributed by atoms with Crippen molar-refractivity contribution in [2.75, 3.05) is 6.79 Å². The third-order valence-corrected chi connectivity index (χ3v) is 3.59. The summed E-state index contributed by atoms with van der Waals surface area (Å²) in [6.07, 6.45) is 4.71. The summed E-state index contributed by atoms with van der Waals surface area (Å²) in [4.78, 5) is 11.9. The molecule has 4 rings (SSSR count). The van der Waals surface area contributed by atoms with Crippen molar-refractivity contribution in [3.8, 4) is 23.0 Å². The Labute approximate surface area is 142 Å². The lowest BCUT2D eigenvalue weighted by Gasteiger charge is -1.99. The van der Waals surface area contributed by atoms with Crippen LogP contribution in [0.1, 0.15) is 11.3 Å². The number of furan rings is 1. The number of fused-ring (bicyclic) bond motifs is 1. The summed E-state index contributed by atoms with van der Waals surface area (Å²) in [6.45, 7) is 0.481. The normalized spacial score (nSPS) is 12.6. The Kier molecular flexibility index (Phi) is 3.96. The number of ether oxygens (including phenoxy) is 2. The van der Waals surface area contributed by atoms with Crippen molar-refractivity contribution in [1.29, 1.82) is 0 Å². The number of nitrogens with one attached hydrogen (secondary N) is 1. The van der Waals surface area contributed by atoms with Gasteiger partial charge in [0.05, 0.1) is 12.8 Å². The van der Waals surface area contributed by atoms with Gasteiger partial charge in [-0.15, -0.1) is 0 Å². The first-order valence-electron chi connectivity index (χ1n) is 7.63. The summed E-state index contributed by atoms with van der Waals surface area (Å²) in [7, 11) is 0. The van der Waals surface area contributed by atoms with E-state index in [2.05, 4.69) is 10.5 Å². The fourth-order valence-corrected chi connectivity index (χ4v) is 2.36. The minimum Gasteiger partial charge on any atom is -0.461 e. The highest BCUT2D eigenvalue weighted by atomic mass is 16.7. The van der Waals surface area contributed by atoms with E-state index in [0.29, 0.717) is 28.7 Å². The third kappa shape index (κ3) is 3.40. The van der Waals surface area contributed by atoms with Crippen LogP contribution >= 0.6 is 0 Å². The standard InChI is InChI=1S/C18H14N2O5/c21-18(6-4-12-3-5-15-16(8-12)24-11-23-15)19-10-13-9-17(25-20-13)14-2-1-7-22-14/h1-9H,10-11H2,(H,19,21)/b6-4-. The lowest BCUT2D eigenvalue weighted by Crippen LogP contribution is -2.20. The second-order valence-corrected chi connectivity index (χ2v) is 5.32. The van der Waals surface area contributed by atoms with Gasteiger partial charge in [-0.3, -0.25) is 4.79 Å². The number of carbonyl (C=O) groups excluding carboxylic acids is 1. The number of hydrogen-bond donors (Lipinski definition) is 1. The van der Waals surface area contributed by atoms with Crippen LogP contribution in [0.25, 0.3) is 17.6 Å². The molecular weight excluding hydrogens is 324 g/mol. The van der Waals surface area contributed by atoms with Crippen LogP contribution in [0.4, 0.5) is 0 Å². The van der Waals surface area contributed by atoms with Crippen LogP contribution in [0.15, 0.2) is 57.7 Å². The Bertz CT molecular complexity index is 911. The highest BCUT2D eigenvalue weighted by molar-refractivity contribution is 5.91. The van der Waals surface area contributed by atoms with E-state index in [1.165, 1.54) is 6.08 Å². The number of nitrogens with zero attached hydrogens (tertiary/aromatic N) is 1. The van der Waals surface area contributed by atoms with Gasteiger partial charge >= 0.3 is 0 Å². The molecule has 0 unspecified atom stereocenters. The molecule has 25 heavy (non-hydrogen) atoms. The maximum atomic E-state index is 11.9. The number of rotatable bonds is 5. The largest absolute Gasteiger partial charge is 0.461 e. The van der Waals surface area contributed by atoms with Gasteiger partial charge in [-0.2, -0.15) is 0 Å². The summed E-state index contributed by atoms with van der Waals surface area (Å²) >= 11 is 0. The van der Waals surface area contributed by atoms with Crippen molar-refractivity contribution in [3.63, 3.8) is 0 Å². The van der Waals surface area contributed by atoms with Crippen LogP contribution in [0.5, 0.6) is 11.5 Å². The SMILES string of the molecule is O=C(/C=C\c1ccc2c(c1)OCO2)NCc1cc(-c2ccco2)on1. The average molecular weight is 338 g/mol. The first kappa shape index (κ1) is 15.1. The van der Waals surface area contributed by atoms with Gasteiger partial charge in [0.1, 0.15) is 5.69 Å². The fourth-order valence-electron chi connectivity index (χ4n) is 2.36. The number of amides is 1. The fraction of sp³-hybridized carbons (Fsp3) is 0.111. The smallest absolute Gasteiger partial charge is 0.244 e. The molecule has 0 spiro atoms. The molecule has 7 heteroatoms. The Balaban J connectivity index is 1.33. The van der Waals surface area contributed by atoms with Crippen molar-refractivity contribution >= 4 is 12.0 Å². The van der Waals surface area contributed by atoms with E-state index in [4.69, 9.17) is 18.4 Å². The van der Waals surface area contributed by atoms with E-state index in [-0.39, 0.29) is 19.2 Å². The molecule has 1 aromatic carbocycles. The molecule has 0 saturated carbocycles. The van der Waals surface area contributed by atoms with Crippen molar-refractivity contribution in [1.82, 2.24) is 10.5 Å². The third-order valence-electron chi connectivity index (χ3n) is 3.59. The minimum atomic E-state index is -0.236. The topological polar surface area (TPSA) is 86.7 Å². The molecule has 3 aromatic rings. The molecule has 0 bridgehead atoms. The first-order valence-corrected chi connectivity index (χ1v) is 7.63. The zero-order valence-electron chi connectivity index (χ0n) is 13.1. The molecule has 0 atom stereocenters. The van der Waals surface area contributed by atoms with Gasteiger partial charge in [0.2, 0.25) is 18.5 Å². The highest BCUT2D eigenvalue weighted by Gasteiger charge is 2.12. The predicted molar refractivity (Wildman–Crippen MR) is 87.7 cm³/mol. The summed E-state index contributed by atoms with van der Waals surface area (Å²) in [5.74, 6) is 2.26. The van der Waals surface area contributed by atoms with E-state index in [1.54, 1.807) is 30.5 Å². The number of aromatic nitrogens is 1. The lowest BCUT2D eigenvalue weighted by atomic mass is 10.2. The molecule has 0 fully saturated rings. The van der Waals surface area contributed by atoms with Gasteiger partial charge in [0, 0.05) is 12.1 Å². The van der Waals surface area contributed by atoms with Crippen LogP contribution in [0.2, 0.25) is 0 Å². The monoisotopic (exact) mass is 338 g/mol. The molecule has 1 aliphatic heterocycles. The molecule has 3 heterocycles. The van der Waals surface area contributed by atoms with E-state index in [9.17, 15) is 4.79 Å². The number of benzene rings is 1. The maximum absolute atomic E-state index is 11.9. The molecule has 0 aliphatic carbocycles. The van der Waals surface area contributed by atoms with Crippen molar-refractivity contribution in [3.05, 3.63) is 60.0 Å². The van der Waals surface area contributed by atoms with Gasteiger partial charge in [-0.05, 0) is 35.9 Å². The molecule has 0 radical (unpaired) electrons. The van der Waals surface area contributed by atoms with Crippen molar-refractivity contribution < 1.29 is 23.2 Å². The van der Waals surface area contributed by atoms with Crippen LogP contribution in [-0.2, 0) is 11.3 Å². The summed E-state index contributed by atoms with van der Waals surface area (Å²) in [5, 5.41) is 6.64. The molecule has 0 saturated heterocycles. The molecule has 1 N–H and O–H groups in total. The second-order valence-electron chi connectivity index (χ2n) is 5.32. The number of carbonyl (C=O) groups is 1. The Morgan fingerprint density at radius 2 is 2.08 bits per heavy atom. The minimum absolute atomic E-state index is 0.223. The van der Waals surface area contributed by atoms with Crippen molar-refractivity contribution in [2.45, 2.75) is 6.54 Å². The van der Waals surface area contributed by atoms with Crippen LogP contribution in [0, 0.1) is 0 Å². The molecule has 1 aliphatic rings. The zero-order chi connectivity index (χ0) is 17.1. The summed E-state index contributed by atoms with van der Waals surface area (Å²) < 4.78 is 20.9. The van der Waals surface area contributed by atoms with Gasteiger partial charge < -0.3 is 23.7 Å². The summed E-state index contributed by atoms with van der Waals surface area (Å²) in [6, 6.07) is 10.7. The first-order chi connectivity index (χ1) is 12.3. The van der Waals surface area contributed by atoms with Crippen LogP contribution in [0.3, 0.4) is 0 Å². The Morgan fingerprint density at radius 3 is 2.96 bits per heavy atom. The van der Waals surface area contributed by atoms with Gasteiger partial charge in [0.15, 0.2) is 17.3 Å². The highest BCUT2D eigenvalue weighted by Crippen LogP contribution is 2.32. The van der Waals surface area contributed by atoms with E-state index >= 15 is 0 Å². The molecule has 126 valence electrons. The maximum Gasteiger partial charge on any atom is 0.244 e. The quantitative estimate of drug-likeness (QED) is 0.720. The van der Waals surface area contributed by atoms with Gasteiger partial charge in [0.25, 0.3) is 0 Å². The van der Waals surface area contributed by atoms with Gasteiger partial charge in [-0.25, -0.2) is 0 Å². The Morgan fingerprint density at radius 1 is 1.16 bits per heavy atom. The van der Waals surface area contributed by atoms with Gasteiger partial charge in [-0.1, -0.05) is 11.2 Å². The zero-order valence-corrected chi connectivity index (χ0v) is 13.1. The van der Waals surface area contributed by atoms with E-state index < -0.39 is 0 Å². The predicted octanol–water partition coefficient (Wildman–Crippen LogP) is 2.99. The summed E-state index contributed by atoms with van der Waals surface area (Å²) in [5.41, 5.74) is 1.46. The lowest BCUT2D eigenvalue weighted by molar-refractivity contribution is -0.116. The second kappa shape index (κ2) is 6.56. The van der Waals surface area contributed by atoms with E-state index in [0.717, 1.165) is 5.56 Å². The van der Waals surface area contributed by atoms with Crippen LogP contribution < -0.4 is 14.8 Å².